The molecular formula is C14H19N3S. The highest BCUT2D eigenvalue weighted by Gasteiger charge is 2.19. The molecule has 2 rings (SSSR count). The molecule has 18 heavy (non-hydrogen) atoms. The van der Waals surface area contributed by atoms with Crippen LogP contribution in [0, 0.1) is 18.3 Å². The first-order valence-corrected chi connectivity index (χ1v) is 7.69. The Morgan fingerprint density at radius 1 is 1.39 bits per heavy atom. The van der Waals surface area contributed by atoms with Crippen molar-refractivity contribution in [3.8, 4) is 6.07 Å². The largest absolute Gasteiger partial charge is 0.355 e. The first-order valence-electron chi connectivity index (χ1n) is 6.40. The fraction of sp³-hybridized carbons (Fsp3) is 0.571. The number of hydrogen-bond donors (Lipinski definition) is 0. The highest BCUT2D eigenvalue weighted by atomic mass is 32.2. The van der Waals surface area contributed by atoms with Crippen molar-refractivity contribution in [2.75, 3.05) is 24.2 Å². The fourth-order valence-electron chi connectivity index (χ4n) is 2.38. The van der Waals surface area contributed by atoms with Crippen LogP contribution in [0.2, 0.25) is 0 Å². The Kier molecular flexibility index (Phi) is 4.48. The fourth-order valence-corrected chi connectivity index (χ4v) is 3.13. The van der Waals surface area contributed by atoms with E-state index < -0.39 is 0 Å². The van der Waals surface area contributed by atoms with E-state index >= 15 is 0 Å². The lowest BCUT2D eigenvalue weighted by atomic mass is 10.2. The molecule has 0 spiro atoms. The van der Waals surface area contributed by atoms with Gasteiger partial charge in [-0.2, -0.15) is 17.0 Å². The van der Waals surface area contributed by atoms with Crippen LogP contribution >= 0.6 is 11.8 Å². The Morgan fingerprint density at radius 3 is 2.94 bits per heavy atom. The molecule has 0 N–H and O–H groups in total. The van der Waals surface area contributed by atoms with Crippen molar-refractivity contribution in [1.29, 1.82) is 5.26 Å². The molecule has 0 aliphatic carbocycles. The Bertz CT molecular complexity index is 453. The number of rotatable bonds is 2. The molecule has 1 unspecified atom stereocenters. The van der Waals surface area contributed by atoms with Gasteiger partial charge >= 0.3 is 0 Å². The second-order valence-corrected chi connectivity index (χ2v) is 5.85. The van der Waals surface area contributed by atoms with Crippen LogP contribution in [0.25, 0.3) is 0 Å². The molecule has 1 aromatic heterocycles. The van der Waals surface area contributed by atoms with Crippen molar-refractivity contribution < 1.29 is 0 Å². The third-order valence-electron chi connectivity index (χ3n) is 3.44. The zero-order valence-corrected chi connectivity index (χ0v) is 11.8. The molecule has 0 amide bonds. The molecule has 0 radical (unpaired) electrons. The Labute approximate surface area is 113 Å². The molecule has 1 aliphatic rings. The summed E-state index contributed by atoms with van der Waals surface area (Å²) in [7, 11) is 0. The minimum Gasteiger partial charge on any atom is -0.355 e. The Balaban J connectivity index is 2.21. The summed E-state index contributed by atoms with van der Waals surface area (Å²) in [5, 5.41) is 9.94. The van der Waals surface area contributed by atoms with E-state index in [4.69, 9.17) is 0 Å². The van der Waals surface area contributed by atoms with Gasteiger partial charge in [0.05, 0.1) is 5.56 Å². The van der Waals surface area contributed by atoms with Gasteiger partial charge in [-0.05, 0) is 44.6 Å². The van der Waals surface area contributed by atoms with Gasteiger partial charge in [-0.25, -0.2) is 4.98 Å². The molecule has 4 heteroatoms. The second kappa shape index (κ2) is 6.10. The normalized spacial score (nSPS) is 20.3. The Hall–Kier alpha value is -1.21. The van der Waals surface area contributed by atoms with Gasteiger partial charge in [0.2, 0.25) is 0 Å². The SMILES string of the molecule is CSC1CCCN(c2nc(C)ccc2C#N)CC1. The van der Waals surface area contributed by atoms with E-state index in [0.29, 0.717) is 5.56 Å². The second-order valence-electron chi connectivity index (χ2n) is 4.71. The van der Waals surface area contributed by atoms with Crippen LogP contribution in [0.3, 0.4) is 0 Å². The number of hydrogen-bond acceptors (Lipinski definition) is 4. The zero-order chi connectivity index (χ0) is 13.0. The van der Waals surface area contributed by atoms with E-state index in [0.717, 1.165) is 29.9 Å². The van der Waals surface area contributed by atoms with E-state index in [9.17, 15) is 5.26 Å². The number of thioether (sulfide) groups is 1. The summed E-state index contributed by atoms with van der Waals surface area (Å²) in [6.07, 6.45) is 5.82. The average molecular weight is 261 g/mol. The van der Waals surface area contributed by atoms with Crippen molar-refractivity contribution in [2.24, 2.45) is 0 Å². The van der Waals surface area contributed by atoms with Gasteiger partial charge in [0, 0.05) is 24.0 Å². The maximum atomic E-state index is 9.19. The van der Waals surface area contributed by atoms with E-state index in [1.54, 1.807) is 0 Å². The molecule has 96 valence electrons. The van der Waals surface area contributed by atoms with Crippen LogP contribution in [0.5, 0.6) is 0 Å². The molecule has 3 nitrogen and oxygen atoms in total. The summed E-state index contributed by atoms with van der Waals surface area (Å²) in [4.78, 5) is 6.84. The number of nitrogens with zero attached hydrogens (tertiary/aromatic N) is 3. The van der Waals surface area contributed by atoms with Gasteiger partial charge in [-0.3, -0.25) is 0 Å². The maximum absolute atomic E-state index is 9.19. The predicted molar refractivity (Wildman–Crippen MR) is 77.1 cm³/mol. The van der Waals surface area contributed by atoms with Gasteiger partial charge in [-0.1, -0.05) is 0 Å². The molecule has 1 saturated heterocycles. The minimum absolute atomic E-state index is 0.697. The number of nitriles is 1. The third-order valence-corrected chi connectivity index (χ3v) is 4.58. The summed E-state index contributed by atoms with van der Waals surface area (Å²) in [5.74, 6) is 0.874. The molecule has 1 aromatic rings. The number of aryl methyl sites for hydroxylation is 1. The van der Waals surface area contributed by atoms with Crippen molar-refractivity contribution in [2.45, 2.75) is 31.4 Å². The molecule has 1 aliphatic heterocycles. The van der Waals surface area contributed by atoms with Gasteiger partial charge in [0.15, 0.2) is 0 Å². The lowest BCUT2D eigenvalue weighted by Crippen LogP contribution is -2.26. The number of aromatic nitrogens is 1. The monoisotopic (exact) mass is 261 g/mol. The highest BCUT2D eigenvalue weighted by molar-refractivity contribution is 7.99. The Morgan fingerprint density at radius 2 is 2.22 bits per heavy atom. The smallest absolute Gasteiger partial charge is 0.146 e. The summed E-state index contributed by atoms with van der Waals surface area (Å²) in [6.45, 7) is 4.01. The minimum atomic E-state index is 0.697. The van der Waals surface area contributed by atoms with Crippen LogP contribution in [-0.4, -0.2) is 29.6 Å². The quantitative estimate of drug-likeness (QED) is 0.820. The van der Waals surface area contributed by atoms with Crippen LogP contribution in [0.4, 0.5) is 5.82 Å². The van der Waals surface area contributed by atoms with E-state index in [1.165, 1.54) is 19.3 Å². The molecule has 1 atom stereocenters. The van der Waals surface area contributed by atoms with Gasteiger partial charge in [0.1, 0.15) is 11.9 Å². The average Bonchev–Trinajstić information content (AvgIpc) is 2.63. The first kappa shape index (κ1) is 13.2. The van der Waals surface area contributed by atoms with Crippen molar-refractivity contribution in [3.05, 3.63) is 23.4 Å². The van der Waals surface area contributed by atoms with Crippen LogP contribution < -0.4 is 4.90 Å². The molecule has 0 aromatic carbocycles. The highest BCUT2D eigenvalue weighted by Crippen LogP contribution is 2.25. The number of anilines is 1. The summed E-state index contributed by atoms with van der Waals surface area (Å²) >= 11 is 1.96. The van der Waals surface area contributed by atoms with E-state index in [1.807, 2.05) is 30.8 Å². The van der Waals surface area contributed by atoms with Gasteiger partial charge in [-0.15, -0.1) is 0 Å². The summed E-state index contributed by atoms with van der Waals surface area (Å²) in [6, 6.07) is 6.05. The van der Waals surface area contributed by atoms with Gasteiger partial charge in [0.25, 0.3) is 0 Å². The van der Waals surface area contributed by atoms with E-state index in [-0.39, 0.29) is 0 Å². The molecule has 2 heterocycles. The maximum Gasteiger partial charge on any atom is 0.146 e. The standard InChI is InChI=1S/C14H19N3S/c1-11-5-6-12(10-15)14(16-11)17-8-3-4-13(18-2)7-9-17/h5-6,13H,3-4,7-9H2,1-2H3. The molecule has 0 bridgehead atoms. The van der Waals surface area contributed by atoms with Crippen molar-refractivity contribution in [1.82, 2.24) is 4.98 Å². The van der Waals surface area contributed by atoms with Gasteiger partial charge < -0.3 is 4.90 Å². The van der Waals surface area contributed by atoms with Crippen LogP contribution in [0.1, 0.15) is 30.5 Å². The summed E-state index contributed by atoms with van der Waals surface area (Å²) < 4.78 is 0. The first-order chi connectivity index (χ1) is 8.74. The van der Waals surface area contributed by atoms with E-state index in [2.05, 4.69) is 22.2 Å². The molecule has 1 fully saturated rings. The zero-order valence-electron chi connectivity index (χ0n) is 11.0. The van der Waals surface area contributed by atoms with Crippen LogP contribution in [0.15, 0.2) is 12.1 Å². The predicted octanol–water partition coefficient (Wildman–Crippen LogP) is 2.98. The molecule has 0 saturated carbocycles. The lowest BCUT2D eigenvalue weighted by molar-refractivity contribution is 0.745. The molecular weight excluding hydrogens is 242 g/mol. The summed E-state index contributed by atoms with van der Waals surface area (Å²) in [5.41, 5.74) is 1.68. The lowest BCUT2D eigenvalue weighted by Gasteiger charge is -2.22. The van der Waals surface area contributed by atoms with Crippen molar-refractivity contribution in [3.63, 3.8) is 0 Å². The number of pyridine rings is 1. The topological polar surface area (TPSA) is 39.9 Å². The van der Waals surface area contributed by atoms with Crippen molar-refractivity contribution >= 4 is 17.6 Å². The third kappa shape index (κ3) is 2.97. The van der Waals surface area contributed by atoms with Crippen LogP contribution in [-0.2, 0) is 0 Å².